The van der Waals surface area contributed by atoms with E-state index in [1.54, 1.807) is 6.08 Å². The summed E-state index contributed by atoms with van der Waals surface area (Å²) < 4.78 is 27.8. The van der Waals surface area contributed by atoms with E-state index in [0.29, 0.717) is 12.3 Å². The number of sulfone groups is 1. The average molecular weight is 283 g/mol. The molecule has 1 aromatic carbocycles. The molecule has 0 saturated carbocycles. The number of hydrogen-bond acceptors (Lipinski definition) is 4. The van der Waals surface area contributed by atoms with E-state index in [1.165, 1.54) is 0 Å². The highest BCUT2D eigenvalue weighted by atomic mass is 32.2. The van der Waals surface area contributed by atoms with Crippen LogP contribution in [0.4, 0.5) is 0 Å². The van der Waals surface area contributed by atoms with E-state index in [0.717, 1.165) is 5.56 Å². The third kappa shape index (κ3) is 3.82. The van der Waals surface area contributed by atoms with Crippen LogP contribution in [-0.2, 0) is 21.2 Å². The van der Waals surface area contributed by atoms with Crippen molar-refractivity contribution in [2.45, 2.75) is 6.61 Å². The second-order valence-corrected chi connectivity index (χ2v) is 6.45. The summed E-state index contributed by atoms with van der Waals surface area (Å²) in [6, 6.07) is 9.63. The molecule has 4 nitrogen and oxygen atoms in total. The van der Waals surface area contributed by atoms with Gasteiger partial charge < -0.3 is 10.1 Å². The zero-order valence-electron chi connectivity index (χ0n) is 9.63. The summed E-state index contributed by atoms with van der Waals surface area (Å²) in [5.41, 5.74) is 1.60. The lowest BCUT2D eigenvalue weighted by Gasteiger charge is -2.09. The van der Waals surface area contributed by atoms with Gasteiger partial charge in [0.05, 0.1) is 11.5 Å². The van der Waals surface area contributed by atoms with Gasteiger partial charge in [0.2, 0.25) is 0 Å². The Morgan fingerprint density at radius 3 is 2.67 bits per heavy atom. The fourth-order valence-electron chi connectivity index (χ4n) is 1.56. The first-order chi connectivity index (χ1) is 8.55. The molecule has 96 valence electrons. The van der Waals surface area contributed by atoms with Crippen LogP contribution < -0.4 is 5.32 Å². The molecule has 0 radical (unpaired) electrons. The van der Waals surface area contributed by atoms with Crippen LogP contribution in [-0.4, -0.2) is 25.1 Å². The Morgan fingerprint density at radius 1 is 1.33 bits per heavy atom. The van der Waals surface area contributed by atoms with Gasteiger partial charge in [0.25, 0.3) is 5.17 Å². The molecule has 0 fully saturated rings. The van der Waals surface area contributed by atoms with Crippen LogP contribution in [0.2, 0.25) is 0 Å². The first-order valence-corrected chi connectivity index (χ1v) is 7.65. The zero-order valence-corrected chi connectivity index (χ0v) is 11.3. The normalized spacial score (nSPS) is 17.0. The molecule has 1 N–H and O–H groups in total. The molecule has 1 aliphatic rings. The van der Waals surface area contributed by atoms with E-state index in [2.05, 4.69) is 5.32 Å². The quantitative estimate of drug-likeness (QED) is 0.850. The topological polar surface area (TPSA) is 55.4 Å². The number of hydrogen-bond donors (Lipinski definition) is 1. The maximum absolute atomic E-state index is 11.2. The van der Waals surface area contributed by atoms with Crippen molar-refractivity contribution in [3.63, 3.8) is 0 Å². The lowest BCUT2D eigenvalue weighted by Crippen LogP contribution is -2.24. The summed E-state index contributed by atoms with van der Waals surface area (Å²) in [7, 11) is -2.98. The van der Waals surface area contributed by atoms with E-state index in [-0.39, 0.29) is 16.7 Å². The first-order valence-electron chi connectivity index (χ1n) is 5.42. The van der Waals surface area contributed by atoms with Crippen LogP contribution in [0, 0.1) is 0 Å². The average Bonchev–Trinajstić information content (AvgIpc) is 2.67. The molecule has 1 aromatic rings. The maximum atomic E-state index is 11.2. The van der Waals surface area contributed by atoms with Crippen molar-refractivity contribution in [2.24, 2.45) is 0 Å². The summed E-state index contributed by atoms with van der Waals surface area (Å²) in [5, 5.41) is 2.99. The molecular weight excluding hydrogens is 270 g/mol. The van der Waals surface area contributed by atoms with Gasteiger partial charge in [-0.1, -0.05) is 30.3 Å². The minimum absolute atomic E-state index is 0.00182. The van der Waals surface area contributed by atoms with Crippen LogP contribution in [0.25, 0.3) is 0 Å². The van der Waals surface area contributed by atoms with Gasteiger partial charge in [-0.05, 0) is 23.9 Å². The van der Waals surface area contributed by atoms with E-state index < -0.39 is 9.84 Å². The van der Waals surface area contributed by atoms with Crippen LogP contribution in [0.5, 0.6) is 0 Å². The molecule has 1 aliphatic heterocycles. The van der Waals surface area contributed by atoms with Crippen molar-refractivity contribution >= 4 is 27.2 Å². The highest BCUT2D eigenvalue weighted by Crippen LogP contribution is 2.09. The largest absolute Gasteiger partial charge is 0.466 e. The molecule has 0 aliphatic carbocycles. The van der Waals surface area contributed by atoms with E-state index in [1.807, 2.05) is 30.3 Å². The molecule has 0 atom stereocenters. The molecule has 0 saturated heterocycles. The summed E-state index contributed by atoms with van der Waals surface area (Å²) in [4.78, 5) is 0. The molecule has 2 rings (SSSR count). The van der Waals surface area contributed by atoms with Crippen LogP contribution in [0.1, 0.15) is 5.56 Å². The van der Waals surface area contributed by atoms with E-state index >= 15 is 0 Å². The summed E-state index contributed by atoms with van der Waals surface area (Å²) in [5.74, 6) is 0.0679. The standard InChI is InChI=1S/C12H13NO3S2/c14-18(15)7-6-11(9-18)13-12(17)16-8-10-4-2-1-3-5-10/h1-6H,7-9H2,(H,13,17). The van der Waals surface area contributed by atoms with Gasteiger partial charge in [-0.15, -0.1) is 0 Å². The molecule has 1 heterocycles. The van der Waals surface area contributed by atoms with Gasteiger partial charge in [-0.2, -0.15) is 0 Å². The Bertz CT molecular complexity index is 564. The van der Waals surface area contributed by atoms with E-state index in [4.69, 9.17) is 17.0 Å². The van der Waals surface area contributed by atoms with Gasteiger partial charge in [-0.3, -0.25) is 0 Å². The predicted molar refractivity (Wildman–Crippen MR) is 73.7 cm³/mol. The fourth-order valence-corrected chi connectivity index (χ4v) is 2.99. The second kappa shape index (κ2) is 5.49. The summed E-state index contributed by atoms with van der Waals surface area (Å²) in [6.07, 6.45) is 1.62. The highest BCUT2D eigenvalue weighted by Gasteiger charge is 2.20. The highest BCUT2D eigenvalue weighted by molar-refractivity contribution is 7.92. The van der Waals surface area contributed by atoms with Crippen molar-refractivity contribution in [1.29, 1.82) is 0 Å². The Balaban J connectivity index is 1.80. The fraction of sp³-hybridized carbons (Fsp3) is 0.250. The third-order valence-electron chi connectivity index (χ3n) is 2.43. The van der Waals surface area contributed by atoms with Crippen LogP contribution >= 0.6 is 12.2 Å². The van der Waals surface area contributed by atoms with Crippen molar-refractivity contribution in [3.8, 4) is 0 Å². The molecule has 0 spiro atoms. The van der Waals surface area contributed by atoms with Gasteiger partial charge in [-0.25, -0.2) is 8.42 Å². The Hall–Kier alpha value is -1.40. The smallest absolute Gasteiger partial charge is 0.261 e. The van der Waals surface area contributed by atoms with Crippen molar-refractivity contribution < 1.29 is 13.2 Å². The molecule has 0 aromatic heterocycles. The van der Waals surface area contributed by atoms with Crippen LogP contribution in [0.15, 0.2) is 42.1 Å². The zero-order chi connectivity index (χ0) is 13.0. The van der Waals surface area contributed by atoms with Gasteiger partial charge in [0.1, 0.15) is 6.61 Å². The third-order valence-corrected chi connectivity index (χ3v) is 4.08. The summed E-state index contributed by atoms with van der Waals surface area (Å²) >= 11 is 5.00. The molecule has 18 heavy (non-hydrogen) atoms. The first kappa shape index (κ1) is 13.0. The minimum Gasteiger partial charge on any atom is -0.466 e. The Kier molecular flexibility index (Phi) is 3.98. The second-order valence-electron chi connectivity index (χ2n) is 3.97. The number of nitrogens with one attached hydrogen (secondary N) is 1. The Morgan fingerprint density at radius 2 is 2.06 bits per heavy atom. The van der Waals surface area contributed by atoms with Gasteiger partial charge in [0, 0.05) is 5.70 Å². The molecule has 6 heteroatoms. The number of rotatable bonds is 3. The predicted octanol–water partition coefficient (Wildman–Crippen LogP) is 1.39. The SMILES string of the molecule is O=S1(=O)CC=C(NC(=S)OCc2ccccc2)C1. The summed E-state index contributed by atoms with van der Waals surface area (Å²) in [6.45, 7) is 0.368. The lowest BCUT2D eigenvalue weighted by molar-refractivity contribution is 0.289. The van der Waals surface area contributed by atoms with Crippen molar-refractivity contribution in [2.75, 3.05) is 11.5 Å². The Labute approximate surface area is 112 Å². The maximum Gasteiger partial charge on any atom is 0.261 e. The molecular formula is C12H13NO3S2. The lowest BCUT2D eigenvalue weighted by atomic mass is 10.2. The molecule has 0 amide bonds. The van der Waals surface area contributed by atoms with E-state index in [9.17, 15) is 8.42 Å². The molecule has 0 bridgehead atoms. The van der Waals surface area contributed by atoms with Gasteiger partial charge >= 0.3 is 0 Å². The number of benzene rings is 1. The number of thiocarbonyl (C=S) groups is 1. The van der Waals surface area contributed by atoms with Crippen molar-refractivity contribution in [1.82, 2.24) is 5.32 Å². The monoisotopic (exact) mass is 283 g/mol. The molecule has 0 unspecified atom stereocenters. The van der Waals surface area contributed by atoms with Crippen LogP contribution in [0.3, 0.4) is 0 Å². The van der Waals surface area contributed by atoms with Gasteiger partial charge in [0.15, 0.2) is 9.84 Å². The van der Waals surface area contributed by atoms with Crippen molar-refractivity contribution in [3.05, 3.63) is 47.7 Å². The number of ether oxygens (including phenoxy) is 1. The minimum atomic E-state index is -2.98.